The maximum Gasteiger partial charge on any atom is 0.307 e. The van der Waals surface area contributed by atoms with Crippen LogP contribution in [0, 0.1) is 5.92 Å². The molecule has 1 saturated heterocycles. The Hall–Kier alpha value is -2.24. The molecule has 2 aliphatic heterocycles. The van der Waals surface area contributed by atoms with E-state index in [0.717, 1.165) is 61.0 Å². The maximum atomic E-state index is 12.1. The lowest BCUT2D eigenvalue weighted by atomic mass is 9.74. The van der Waals surface area contributed by atoms with Crippen molar-refractivity contribution in [3.05, 3.63) is 58.1 Å². The molecule has 1 fully saturated rings. The summed E-state index contributed by atoms with van der Waals surface area (Å²) in [5.74, 6) is 2.15. The van der Waals surface area contributed by atoms with Crippen LogP contribution in [-0.4, -0.2) is 42.7 Å². The number of hydrogen-bond acceptors (Lipinski definition) is 5. The fourth-order valence-corrected chi connectivity index (χ4v) is 5.50. The topological polar surface area (TPSA) is 48.0 Å². The Morgan fingerprint density at radius 2 is 1.92 bits per heavy atom. The van der Waals surface area contributed by atoms with Crippen molar-refractivity contribution in [2.24, 2.45) is 5.92 Å². The first-order chi connectivity index (χ1) is 17.0. The average Bonchev–Trinajstić information content (AvgIpc) is 3.14. The summed E-state index contributed by atoms with van der Waals surface area (Å²) in [6.45, 7) is 13.9. The molecule has 2 heterocycles. The molecule has 0 unspecified atom stereocenters. The number of carbonyl (C=O) groups excluding carboxylic acids is 1. The highest BCUT2D eigenvalue weighted by molar-refractivity contribution is 6.31. The second kappa shape index (κ2) is 11.0. The molecule has 36 heavy (non-hydrogen) atoms. The molecule has 0 amide bonds. The molecular formula is C30H40ClNO4. The van der Waals surface area contributed by atoms with Gasteiger partial charge in [-0.3, -0.25) is 4.79 Å². The second-order valence-electron chi connectivity index (χ2n) is 11.7. The number of hydrogen-bond donors (Lipinski definition) is 0. The third kappa shape index (κ3) is 6.54. The van der Waals surface area contributed by atoms with Gasteiger partial charge in [0.05, 0.1) is 13.0 Å². The molecular weight excluding hydrogens is 474 g/mol. The van der Waals surface area contributed by atoms with Crippen LogP contribution >= 0.6 is 11.6 Å². The fraction of sp³-hybridized carbons (Fsp3) is 0.567. The third-order valence-corrected chi connectivity index (χ3v) is 7.48. The number of carbonyl (C=O) groups is 1. The predicted octanol–water partition coefficient (Wildman–Crippen LogP) is 6.58. The van der Waals surface area contributed by atoms with Crippen LogP contribution in [0.25, 0.3) is 0 Å². The van der Waals surface area contributed by atoms with Crippen LogP contribution in [-0.2, 0) is 28.0 Å². The van der Waals surface area contributed by atoms with Crippen molar-refractivity contribution >= 4 is 17.6 Å². The summed E-state index contributed by atoms with van der Waals surface area (Å²) in [5, 5.41) is 0.753. The smallest absolute Gasteiger partial charge is 0.307 e. The Bertz CT molecular complexity index is 1070. The average molecular weight is 514 g/mol. The van der Waals surface area contributed by atoms with Gasteiger partial charge in [0.1, 0.15) is 23.7 Å². The van der Waals surface area contributed by atoms with E-state index in [4.69, 9.17) is 25.8 Å². The van der Waals surface area contributed by atoms with Crippen LogP contribution < -0.4 is 9.47 Å². The Morgan fingerprint density at radius 1 is 1.17 bits per heavy atom. The molecule has 0 atom stereocenters. The minimum absolute atomic E-state index is 0.0451. The number of likely N-dealkylation sites (tertiary alicyclic amines) is 1. The number of esters is 1. The molecule has 0 N–H and O–H groups in total. The summed E-state index contributed by atoms with van der Waals surface area (Å²) >= 11 is 6.52. The van der Waals surface area contributed by atoms with E-state index in [0.29, 0.717) is 25.6 Å². The molecule has 0 saturated carbocycles. The number of rotatable bonds is 8. The Balaban J connectivity index is 1.34. The van der Waals surface area contributed by atoms with E-state index in [1.165, 1.54) is 11.1 Å². The van der Waals surface area contributed by atoms with E-state index in [2.05, 4.69) is 36.9 Å². The van der Waals surface area contributed by atoms with Crippen molar-refractivity contribution in [2.45, 2.75) is 77.9 Å². The van der Waals surface area contributed by atoms with Crippen molar-refractivity contribution in [2.75, 3.05) is 26.2 Å². The van der Waals surface area contributed by atoms with Crippen LogP contribution in [0.4, 0.5) is 0 Å². The standard InChI is InChI=1S/C30H40ClNO4/c1-21(2)17-22-7-6-8-26(31)24(22)19-34-23-9-10-25-27(18-23)35-20-30(25)12-15-32(16-13-30)14-11-28(33)36-29(3,4)5/h6-10,18,21H,11-17,19-20H2,1-5H3. The minimum Gasteiger partial charge on any atom is -0.492 e. The first-order valence-electron chi connectivity index (χ1n) is 13.2. The lowest BCUT2D eigenvalue weighted by molar-refractivity contribution is -0.155. The zero-order valence-electron chi connectivity index (χ0n) is 22.4. The normalized spacial score (nSPS) is 17.2. The van der Waals surface area contributed by atoms with Gasteiger partial charge in [-0.25, -0.2) is 0 Å². The van der Waals surface area contributed by atoms with Gasteiger partial charge in [-0.2, -0.15) is 0 Å². The highest BCUT2D eigenvalue weighted by Gasteiger charge is 2.43. The summed E-state index contributed by atoms with van der Waals surface area (Å²) < 4.78 is 17.8. The molecule has 2 aromatic carbocycles. The Kier molecular flexibility index (Phi) is 8.21. The first-order valence-corrected chi connectivity index (χ1v) is 13.5. The molecule has 5 nitrogen and oxygen atoms in total. The van der Waals surface area contributed by atoms with E-state index in [9.17, 15) is 4.79 Å². The lowest BCUT2D eigenvalue weighted by Crippen LogP contribution is -2.44. The summed E-state index contributed by atoms with van der Waals surface area (Å²) in [5.41, 5.74) is 3.20. The van der Waals surface area contributed by atoms with Crippen LogP contribution in [0.1, 0.15) is 70.6 Å². The molecule has 4 rings (SSSR count). The largest absolute Gasteiger partial charge is 0.492 e. The van der Waals surface area contributed by atoms with Crippen LogP contribution in [0.3, 0.4) is 0 Å². The van der Waals surface area contributed by atoms with Gasteiger partial charge < -0.3 is 19.1 Å². The molecule has 2 aliphatic rings. The van der Waals surface area contributed by atoms with Crippen LogP contribution in [0.5, 0.6) is 11.5 Å². The second-order valence-corrected chi connectivity index (χ2v) is 12.1. The van der Waals surface area contributed by atoms with Crippen molar-refractivity contribution in [3.8, 4) is 11.5 Å². The van der Waals surface area contributed by atoms with Crippen LogP contribution in [0.15, 0.2) is 36.4 Å². The molecule has 0 aliphatic carbocycles. The number of halogens is 1. The van der Waals surface area contributed by atoms with E-state index < -0.39 is 5.60 Å². The number of ether oxygens (including phenoxy) is 3. The highest BCUT2D eigenvalue weighted by Crippen LogP contribution is 2.46. The van der Waals surface area contributed by atoms with E-state index >= 15 is 0 Å². The zero-order chi connectivity index (χ0) is 25.9. The van der Waals surface area contributed by atoms with Crippen molar-refractivity contribution < 1.29 is 19.0 Å². The lowest BCUT2D eigenvalue weighted by Gasteiger charge is -2.38. The van der Waals surface area contributed by atoms with E-state index in [1.807, 2.05) is 39.0 Å². The number of benzene rings is 2. The Morgan fingerprint density at radius 3 is 2.61 bits per heavy atom. The third-order valence-electron chi connectivity index (χ3n) is 7.12. The minimum atomic E-state index is -0.430. The van der Waals surface area contributed by atoms with Gasteiger partial charge in [-0.1, -0.05) is 43.6 Å². The molecule has 6 heteroatoms. The predicted molar refractivity (Wildman–Crippen MR) is 144 cm³/mol. The van der Waals surface area contributed by atoms with Gasteiger partial charge in [0, 0.05) is 34.2 Å². The molecule has 0 radical (unpaired) electrons. The first kappa shape index (κ1) is 26.8. The van der Waals surface area contributed by atoms with Crippen molar-refractivity contribution in [3.63, 3.8) is 0 Å². The van der Waals surface area contributed by atoms with Gasteiger partial charge in [0.2, 0.25) is 0 Å². The molecule has 1 spiro atoms. The summed E-state index contributed by atoms with van der Waals surface area (Å²) in [4.78, 5) is 14.5. The Labute approximate surface area is 221 Å². The summed E-state index contributed by atoms with van der Waals surface area (Å²) in [6.07, 6.45) is 3.45. The molecule has 0 bridgehead atoms. The summed E-state index contributed by atoms with van der Waals surface area (Å²) in [6, 6.07) is 12.3. The van der Waals surface area contributed by atoms with Gasteiger partial charge in [0.25, 0.3) is 0 Å². The zero-order valence-corrected chi connectivity index (χ0v) is 23.1. The van der Waals surface area contributed by atoms with Crippen LogP contribution in [0.2, 0.25) is 5.02 Å². The van der Waals surface area contributed by atoms with Gasteiger partial charge in [-0.05, 0) is 76.7 Å². The fourth-order valence-electron chi connectivity index (χ4n) is 5.26. The number of fused-ring (bicyclic) bond motifs is 2. The van der Waals surface area contributed by atoms with Gasteiger partial charge in [-0.15, -0.1) is 0 Å². The van der Waals surface area contributed by atoms with E-state index in [-0.39, 0.29) is 11.4 Å². The molecule has 196 valence electrons. The van der Waals surface area contributed by atoms with Gasteiger partial charge in [0.15, 0.2) is 0 Å². The number of nitrogens with zero attached hydrogens (tertiary/aromatic N) is 1. The summed E-state index contributed by atoms with van der Waals surface area (Å²) in [7, 11) is 0. The monoisotopic (exact) mass is 513 g/mol. The SMILES string of the molecule is CC(C)Cc1cccc(Cl)c1COc1ccc2c(c1)OCC21CCN(CCC(=O)OC(C)(C)C)CC1. The molecule has 0 aromatic heterocycles. The molecule has 2 aromatic rings. The maximum absolute atomic E-state index is 12.1. The van der Waals surface area contributed by atoms with Crippen molar-refractivity contribution in [1.29, 1.82) is 0 Å². The van der Waals surface area contributed by atoms with Gasteiger partial charge >= 0.3 is 5.97 Å². The van der Waals surface area contributed by atoms with E-state index in [1.54, 1.807) is 0 Å². The highest BCUT2D eigenvalue weighted by atomic mass is 35.5. The quantitative estimate of drug-likeness (QED) is 0.373. The van der Waals surface area contributed by atoms with Crippen molar-refractivity contribution in [1.82, 2.24) is 4.90 Å². The number of piperidine rings is 1.